The lowest BCUT2D eigenvalue weighted by Gasteiger charge is -2.24. The Morgan fingerprint density at radius 1 is 1.17 bits per heavy atom. The van der Waals surface area contributed by atoms with E-state index in [1.165, 1.54) is 25.7 Å². The van der Waals surface area contributed by atoms with Gasteiger partial charge < -0.3 is 4.74 Å². The zero-order chi connectivity index (χ0) is 8.44. The largest absolute Gasteiger partial charge is 0.452 e. The molecule has 0 aromatic rings. The molecule has 12 heavy (non-hydrogen) atoms. The normalized spacial score (nSPS) is 27.2. The van der Waals surface area contributed by atoms with Crippen LogP contribution in [0.15, 0.2) is 12.2 Å². The van der Waals surface area contributed by atoms with Crippen LogP contribution in [0.25, 0.3) is 0 Å². The van der Waals surface area contributed by atoms with E-state index in [2.05, 4.69) is 0 Å². The molecule has 0 aromatic heterocycles. The lowest BCUT2D eigenvalue weighted by molar-refractivity contribution is -0.146. The summed E-state index contributed by atoms with van der Waals surface area (Å²) in [4.78, 5) is 10.9. The molecule has 2 aliphatic rings. The molecular formula is C10H14O2. The van der Waals surface area contributed by atoms with Crippen LogP contribution in [0.5, 0.6) is 0 Å². The number of hydrogen-bond acceptors (Lipinski definition) is 2. The fraction of sp³-hybridized carbons (Fsp3) is 0.700. The molecule has 0 bridgehead atoms. The van der Waals surface area contributed by atoms with E-state index in [-0.39, 0.29) is 11.6 Å². The van der Waals surface area contributed by atoms with Gasteiger partial charge in [0, 0.05) is 6.08 Å². The standard InChI is InChI=1S/C10H14O2/c11-9-5-8-10(12-9)6-3-1-2-4-7-10/h5,8H,1-4,6-7H2. The van der Waals surface area contributed by atoms with Crippen molar-refractivity contribution in [2.24, 2.45) is 0 Å². The number of carbonyl (C=O) groups excluding carboxylic acids is 1. The van der Waals surface area contributed by atoms with Gasteiger partial charge in [-0.2, -0.15) is 0 Å². The van der Waals surface area contributed by atoms with Gasteiger partial charge in [-0.3, -0.25) is 0 Å². The van der Waals surface area contributed by atoms with Crippen molar-refractivity contribution in [2.45, 2.75) is 44.1 Å². The van der Waals surface area contributed by atoms with Gasteiger partial charge in [-0.15, -0.1) is 0 Å². The third kappa shape index (κ3) is 1.38. The van der Waals surface area contributed by atoms with Crippen molar-refractivity contribution in [3.05, 3.63) is 12.2 Å². The van der Waals surface area contributed by atoms with Crippen molar-refractivity contribution in [3.8, 4) is 0 Å². The first-order valence-corrected chi connectivity index (χ1v) is 4.73. The van der Waals surface area contributed by atoms with Gasteiger partial charge in [0.25, 0.3) is 0 Å². The summed E-state index contributed by atoms with van der Waals surface area (Å²) in [6, 6.07) is 0. The van der Waals surface area contributed by atoms with Crippen molar-refractivity contribution in [1.29, 1.82) is 0 Å². The molecule has 1 aliphatic carbocycles. The third-order valence-electron chi connectivity index (χ3n) is 2.78. The van der Waals surface area contributed by atoms with Crippen LogP contribution in [0, 0.1) is 0 Å². The van der Waals surface area contributed by atoms with E-state index in [0.717, 1.165) is 12.8 Å². The molecule has 2 rings (SSSR count). The maximum Gasteiger partial charge on any atom is 0.331 e. The monoisotopic (exact) mass is 166 g/mol. The highest BCUT2D eigenvalue weighted by atomic mass is 16.6. The van der Waals surface area contributed by atoms with Gasteiger partial charge in [-0.1, -0.05) is 12.8 Å². The Balaban J connectivity index is 2.09. The first-order valence-electron chi connectivity index (χ1n) is 4.73. The Morgan fingerprint density at radius 2 is 1.83 bits per heavy atom. The van der Waals surface area contributed by atoms with Crippen LogP contribution in [0.1, 0.15) is 38.5 Å². The maximum absolute atomic E-state index is 10.9. The van der Waals surface area contributed by atoms with E-state index >= 15 is 0 Å². The molecule has 0 N–H and O–H groups in total. The fourth-order valence-electron chi connectivity index (χ4n) is 2.08. The van der Waals surface area contributed by atoms with Crippen LogP contribution < -0.4 is 0 Å². The third-order valence-corrected chi connectivity index (χ3v) is 2.78. The zero-order valence-electron chi connectivity index (χ0n) is 7.21. The first kappa shape index (κ1) is 7.84. The highest BCUT2D eigenvalue weighted by molar-refractivity contribution is 5.85. The summed E-state index contributed by atoms with van der Waals surface area (Å²) in [5.74, 6) is -0.156. The smallest absolute Gasteiger partial charge is 0.331 e. The molecule has 0 unspecified atom stereocenters. The Kier molecular flexibility index (Phi) is 1.91. The van der Waals surface area contributed by atoms with Gasteiger partial charge in [0.15, 0.2) is 0 Å². The molecule has 1 heterocycles. The van der Waals surface area contributed by atoms with Gasteiger partial charge in [-0.25, -0.2) is 4.79 Å². The van der Waals surface area contributed by atoms with Crippen molar-refractivity contribution < 1.29 is 9.53 Å². The number of hydrogen-bond donors (Lipinski definition) is 0. The fourth-order valence-corrected chi connectivity index (χ4v) is 2.08. The van der Waals surface area contributed by atoms with Crippen molar-refractivity contribution in [1.82, 2.24) is 0 Å². The second-order valence-corrected chi connectivity index (χ2v) is 3.73. The molecule has 1 saturated carbocycles. The molecule has 1 aliphatic heterocycles. The molecular weight excluding hydrogens is 152 g/mol. The van der Waals surface area contributed by atoms with E-state index < -0.39 is 0 Å². The van der Waals surface area contributed by atoms with E-state index in [1.807, 2.05) is 6.08 Å². The zero-order valence-corrected chi connectivity index (χ0v) is 7.21. The van der Waals surface area contributed by atoms with Gasteiger partial charge in [-0.05, 0) is 31.8 Å². The Labute approximate surface area is 72.6 Å². The van der Waals surface area contributed by atoms with Gasteiger partial charge in [0.1, 0.15) is 5.60 Å². The Hall–Kier alpha value is -0.790. The molecule has 0 saturated heterocycles. The van der Waals surface area contributed by atoms with E-state index in [0.29, 0.717) is 0 Å². The summed E-state index contributed by atoms with van der Waals surface area (Å²) >= 11 is 0. The Bertz CT molecular complexity index is 210. The summed E-state index contributed by atoms with van der Waals surface area (Å²) in [6.07, 6.45) is 10.5. The number of ether oxygens (including phenoxy) is 1. The number of esters is 1. The lowest BCUT2D eigenvalue weighted by Crippen LogP contribution is -2.27. The van der Waals surface area contributed by atoms with Crippen molar-refractivity contribution in [2.75, 3.05) is 0 Å². The summed E-state index contributed by atoms with van der Waals surface area (Å²) in [5.41, 5.74) is -0.201. The minimum atomic E-state index is -0.201. The van der Waals surface area contributed by atoms with E-state index in [4.69, 9.17) is 4.74 Å². The molecule has 0 amide bonds. The topological polar surface area (TPSA) is 26.3 Å². The van der Waals surface area contributed by atoms with Crippen molar-refractivity contribution >= 4 is 5.97 Å². The summed E-state index contributed by atoms with van der Waals surface area (Å²) in [5, 5.41) is 0. The second-order valence-electron chi connectivity index (χ2n) is 3.73. The minimum absolute atomic E-state index is 0.156. The lowest BCUT2D eigenvalue weighted by atomic mass is 9.95. The Morgan fingerprint density at radius 3 is 2.33 bits per heavy atom. The van der Waals surface area contributed by atoms with E-state index in [1.54, 1.807) is 6.08 Å². The second kappa shape index (κ2) is 2.92. The predicted octanol–water partition coefficient (Wildman–Crippen LogP) is 2.19. The molecule has 0 atom stereocenters. The molecule has 1 fully saturated rings. The molecule has 1 spiro atoms. The van der Waals surface area contributed by atoms with E-state index in [9.17, 15) is 4.79 Å². The molecule has 0 aromatic carbocycles. The summed E-state index contributed by atoms with van der Waals surface area (Å²) in [6.45, 7) is 0. The molecule has 2 nitrogen and oxygen atoms in total. The van der Waals surface area contributed by atoms with Crippen LogP contribution >= 0.6 is 0 Å². The van der Waals surface area contributed by atoms with Gasteiger partial charge >= 0.3 is 5.97 Å². The van der Waals surface area contributed by atoms with Crippen molar-refractivity contribution in [3.63, 3.8) is 0 Å². The summed E-state index contributed by atoms with van der Waals surface area (Å²) < 4.78 is 5.32. The quantitative estimate of drug-likeness (QED) is 0.516. The average molecular weight is 166 g/mol. The predicted molar refractivity (Wildman–Crippen MR) is 45.7 cm³/mol. The van der Waals surface area contributed by atoms with Crippen LogP contribution in [0.2, 0.25) is 0 Å². The number of carbonyl (C=O) groups is 1. The van der Waals surface area contributed by atoms with Crippen LogP contribution in [0.3, 0.4) is 0 Å². The van der Waals surface area contributed by atoms with Crippen LogP contribution in [-0.4, -0.2) is 11.6 Å². The molecule has 2 heteroatoms. The summed E-state index contributed by atoms with van der Waals surface area (Å²) in [7, 11) is 0. The average Bonchev–Trinajstić information content (AvgIpc) is 2.30. The van der Waals surface area contributed by atoms with Gasteiger partial charge in [0.2, 0.25) is 0 Å². The highest BCUT2D eigenvalue weighted by Gasteiger charge is 2.35. The molecule has 66 valence electrons. The van der Waals surface area contributed by atoms with Gasteiger partial charge in [0.05, 0.1) is 0 Å². The molecule has 0 radical (unpaired) electrons. The number of rotatable bonds is 0. The SMILES string of the molecule is O=C1C=CC2(CCCCCC2)O1. The minimum Gasteiger partial charge on any atom is -0.452 e. The highest BCUT2D eigenvalue weighted by Crippen LogP contribution is 2.34. The maximum atomic E-state index is 10.9. The first-order chi connectivity index (χ1) is 5.81. The van der Waals surface area contributed by atoms with Crippen LogP contribution in [-0.2, 0) is 9.53 Å². The van der Waals surface area contributed by atoms with Crippen LogP contribution in [0.4, 0.5) is 0 Å².